The van der Waals surface area contributed by atoms with Crippen LogP contribution in [0.5, 0.6) is 0 Å². The number of hydrogen-bond donors (Lipinski definition) is 2. The second-order valence-electron chi connectivity index (χ2n) is 6.73. The predicted molar refractivity (Wildman–Crippen MR) is 109 cm³/mol. The fourth-order valence-corrected chi connectivity index (χ4v) is 3.30. The summed E-state index contributed by atoms with van der Waals surface area (Å²) in [5.74, 6) is 0.367. The molecule has 0 unspecified atom stereocenters. The quantitative estimate of drug-likeness (QED) is 0.480. The molecule has 5 rings (SSSR count). The molecule has 0 fully saturated rings. The number of aromatic nitrogens is 6. The molecule has 0 saturated heterocycles. The van der Waals surface area contributed by atoms with E-state index in [1.807, 2.05) is 31.2 Å². The summed E-state index contributed by atoms with van der Waals surface area (Å²) in [5.41, 5.74) is 4.73. The number of rotatable bonds is 4. The smallest absolute Gasteiger partial charge is 0.159 e. The zero-order chi connectivity index (χ0) is 19.8. The number of benzene rings is 2. The molecule has 3 heterocycles. The Morgan fingerprint density at radius 2 is 1.93 bits per heavy atom. The third-order valence-electron chi connectivity index (χ3n) is 4.78. The van der Waals surface area contributed by atoms with Crippen molar-refractivity contribution in [2.24, 2.45) is 0 Å². The molecule has 2 aromatic carbocycles. The molecule has 0 saturated carbocycles. The lowest BCUT2D eigenvalue weighted by Crippen LogP contribution is -2.08. The Labute approximate surface area is 165 Å². The number of H-pyrrole nitrogens is 1. The zero-order valence-corrected chi connectivity index (χ0v) is 15.5. The average molecular weight is 385 g/mol. The van der Waals surface area contributed by atoms with Crippen LogP contribution in [0.3, 0.4) is 0 Å². The summed E-state index contributed by atoms with van der Waals surface area (Å²) in [6.07, 6.45) is 4.89. The third-order valence-corrected chi connectivity index (χ3v) is 4.78. The van der Waals surface area contributed by atoms with Crippen LogP contribution >= 0.6 is 0 Å². The normalized spacial score (nSPS) is 12.3. The fourth-order valence-electron chi connectivity index (χ4n) is 3.30. The van der Waals surface area contributed by atoms with Crippen LogP contribution in [0, 0.1) is 5.82 Å². The van der Waals surface area contributed by atoms with E-state index >= 15 is 0 Å². The van der Waals surface area contributed by atoms with Crippen molar-refractivity contribution in [3.63, 3.8) is 0 Å². The van der Waals surface area contributed by atoms with Crippen molar-refractivity contribution in [3.05, 3.63) is 72.6 Å². The number of nitrogens with zero attached hydrogens (tertiary/aromatic N) is 5. The second kappa shape index (κ2) is 6.90. The topological polar surface area (TPSA) is 92.3 Å². The number of aromatic amines is 1. The van der Waals surface area contributed by atoms with Gasteiger partial charge in [-0.2, -0.15) is 5.10 Å². The van der Waals surface area contributed by atoms with Crippen molar-refractivity contribution in [1.82, 2.24) is 30.1 Å². The van der Waals surface area contributed by atoms with Gasteiger partial charge in [-0.25, -0.2) is 19.3 Å². The van der Waals surface area contributed by atoms with Crippen LogP contribution in [0.1, 0.15) is 18.5 Å². The Hall–Kier alpha value is -3.94. The van der Waals surface area contributed by atoms with Crippen molar-refractivity contribution in [2.75, 3.05) is 5.32 Å². The van der Waals surface area contributed by atoms with Crippen LogP contribution < -0.4 is 5.32 Å². The zero-order valence-electron chi connectivity index (χ0n) is 15.5. The van der Waals surface area contributed by atoms with Crippen LogP contribution in [0.2, 0.25) is 0 Å². The highest BCUT2D eigenvalue weighted by molar-refractivity contribution is 5.92. The first-order valence-corrected chi connectivity index (χ1v) is 9.10. The average Bonchev–Trinajstić information content (AvgIpc) is 3.22. The van der Waals surface area contributed by atoms with E-state index in [2.05, 4.69) is 35.5 Å². The van der Waals surface area contributed by atoms with Crippen LogP contribution in [0.25, 0.3) is 33.3 Å². The second-order valence-corrected chi connectivity index (χ2v) is 6.73. The Morgan fingerprint density at radius 1 is 1.00 bits per heavy atom. The maximum atomic E-state index is 13.5. The fraction of sp³-hybridized carbons (Fsp3) is 0.0952. The molecule has 1 atom stereocenters. The summed E-state index contributed by atoms with van der Waals surface area (Å²) in [7, 11) is 0. The van der Waals surface area contributed by atoms with Crippen molar-refractivity contribution in [3.8, 4) is 11.3 Å². The number of fused-ring (bicyclic) bond motifs is 2. The molecule has 0 spiro atoms. The van der Waals surface area contributed by atoms with Gasteiger partial charge in [-0.05, 0) is 36.8 Å². The largest absolute Gasteiger partial charge is 0.362 e. The first-order chi connectivity index (χ1) is 14.2. The van der Waals surface area contributed by atoms with Crippen molar-refractivity contribution in [1.29, 1.82) is 0 Å². The molecule has 7 nitrogen and oxygen atoms in total. The van der Waals surface area contributed by atoms with Gasteiger partial charge in [0, 0.05) is 5.56 Å². The van der Waals surface area contributed by atoms with Crippen molar-refractivity contribution < 1.29 is 4.39 Å². The highest BCUT2D eigenvalue weighted by Crippen LogP contribution is 2.27. The lowest BCUT2D eigenvalue weighted by molar-refractivity contribution is 0.623. The first-order valence-electron chi connectivity index (χ1n) is 9.10. The summed E-state index contributed by atoms with van der Waals surface area (Å²) in [6, 6.07) is 12.2. The van der Waals surface area contributed by atoms with Gasteiger partial charge >= 0.3 is 0 Å². The maximum Gasteiger partial charge on any atom is 0.159 e. The van der Waals surface area contributed by atoms with Crippen LogP contribution in [0.15, 0.2) is 61.2 Å². The van der Waals surface area contributed by atoms with Crippen LogP contribution in [0.4, 0.5) is 10.2 Å². The van der Waals surface area contributed by atoms with E-state index in [-0.39, 0.29) is 11.9 Å². The van der Waals surface area contributed by atoms with E-state index in [1.165, 1.54) is 18.5 Å². The van der Waals surface area contributed by atoms with E-state index in [4.69, 9.17) is 0 Å². The molecule has 5 aromatic rings. The van der Waals surface area contributed by atoms with Gasteiger partial charge in [0.05, 0.1) is 40.5 Å². The van der Waals surface area contributed by atoms with Gasteiger partial charge in [-0.15, -0.1) is 0 Å². The minimum atomic E-state index is -0.260. The molecule has 0 radical (unpaired) electrons. The maximum absolute atomic E-state index is 13.5. The van der Waals surface area contributed by atoms with Gasteiger partial charge in [0.25, 0.3) is 0 Å². The molecule has 2 N–H and O–H groups in total. The molecule has 3 aromatic heterocycles. The van der Waals surface area contributed by atoms with Crippen molar-refractivity contribution in [2.45, 2.75) is 13.0 Å². The van der Waals surface area contributed by atoms with E-state index in [0.717, 1.165) is 33.2 Å². The van der Waals surface area contributed by atoms with Crippen molar-refractivity contribution >= 4 is 27.9 Å². The van der Waals surface area contributed by atoms with Gasteiger partial charge in [0.2, 0.25) is 0 Å². The van der Waals surface area contributed by atoms with Gasteiger partial charge in [0.1, 0.15) is 18.0 Å². The van der Waals surface area contributed by atoms with Gasteiger partial charge in [-0.1, -0.05) is 18.2 Å². The molecule has 142 valence electrons. The monoisotopic (exact) mass is 385 g/mol. The molecular weight excluding hydrogens is 369 g/mol. The molecule has 8 heteroatoms. The number of halogens is 1. The highest BCUT2D eigenvalue weighted by Gasteiger charge is 2.11. The van der Waals surface area contributed by atoms with Gasteiger partial charge < -0.3 is 5.32 Å². The summed E-state index contributed by atoms with van der Waals surface area (Å²) in [4.78, 5) is 17.7. The Morgan fingerprint density at radius 3 is 2.83 bits per heavy atom. The van der Waals surface area contributed by atoms with Crippen LogP contribution in [-0.4, -0.2) is 30.1 Å². The molecule has 29 heavy (non-hydrogen) atoms. The Balaban J connectivity index is 1.46. The van der Waals surface area contributed by atoms with Gasteiger partial charge in [-0.3, -0.25) is 10.1 Å². The molecule has 0 aliphatic carbocycles. The van der Waals surface area contributed by atoms with E-state index in [9.17, 15) is 4.39 Å². The lowest BCUT2D eigenvalue weighted by Gasteiger charge is -2.15. The van der Waals surface area contributed by atoms with E-state index in [1.54, 1.807) is 18.5 Å². The highest BCUT2D eigenvalue weighted by atomic mass is 19.1. The Bertz CT molecular complexity index is 1330. The summed E-state index contributed by atoms with van der Waals surface area (Å²) >= 11 is 0. The molecule has 0 aliphatic rings. The third kappa shape index (κ3) is 3.25. The first kappa shape index (κ1) is 17.2. The lowest BCUT2D eigenvalue weighted by atomic mass is 10.1. The van der Waals surface area contributed by atoms with E-state index < -0.39 is 0 Å². The van der Waals surface area contributed by atoms with E-state index in [0.29, 0.717) is 11.5 Å². The van der Waals surface area contributed by atoms with Gasteiger partial charge in [0.15, 0.2) is 5.65 Å². The standard InChI is InChI=1S/C21H16FN7/c1-12(13-3-2-4-15(22)7-13)27-19-10-23-18-8-14(5-6-17(18)28-19)20-16-9-26-29-21(16)25-11-24-20/h2-12H,1H3,(H,27,28)(H,24,25,26,29)/t12-/m1/s1. The summed E-state index contributed by atoms with van der Waals surface area (Å²) in [6.45, 7) is 1.95. The number of anilines is 1. The Kier molecular flexibility index (Phi) is 4.09. The molecule has 0 bridgehead atoms. The molecular formula is C21H16FN7. The minimum Gasteiger partial charge on any atom is -0.362 e. The number of hydrogen-bond acceptors (Lipinski definition) is 6. The summed E-state index contributed by atoms with van der Waals surface area (Å²) in [5, 5.41) is 11.0. The van der Waals surface area contributed by atoms with Crippen LogP contribution in [-0.2, 0) is 0 Å². The summed E-state index contributed by atoms with van der Waals surface area (Å²) < 4.78 is 13.5. The predicted octanol–water partition coefficient (Wildman–Crippen LogP) is 4.28. The molecule has 0 amide bonds. The molecule has 0 aliphatic heterocycles. The minimum absolute atomic E-state index is 0.105. The number of nitrogens with one attached hydrogen (secondary N) is 2. The SMILES string of the molecule is C[C@@H](Nc1cnc2cc(-c3ncnc4[nH]ncc34)ccc2n1)c1cccc(F)c1.